The molecule has 0 aliphatic carbocycles. The number of nitrogens with zero attached hydrogens (tertiary/aromatic N) is 2. The van der Waals surface area contributed by atoms with Crippen molar-refractivity contribution in [3.05, 3.63) is 28.2 Å². The number of hydrogen-bond acceptors (Lipinski definition) is 4. The second kappa shape index (κ2) is 7.15. The first-order valence-electron chi connectivity index (χ1n) is 6.11. The van der Waals surface area contributed by atoms with Crippen LogP contribution < -0.4 is 4.90 Å². The molecule has 19 heavy (non-hydrogen) atoms. The first-order chi connectivity index (χ1) is 8.99. The molecular weight excluding hydrogens is 308 g/mol. The molecule has 0 heterocycles. The molecule has 0 N–H and O–H groups in total. The fourth-order valence-electron chi connectivity index (χ4n) is 1.73. The SMILES string of the molecule is CCOC(=O)CN(c1cc(Br)ccc1C#N)C(C)C. The monoisotopic (exact) mass is 324 g/mol. The lowest BCUT2D eigenvalue weighted by molar-refractivity contribution is -0.141. The molecule has 0 aliphatic rings. The summed E-state index contributed by atoms with van der Waals surface area (Å²) < 4.78 is 5.84. The molecule has 5 heteroatoms. The van der Waals surface area contributed by atoms with Gasteiger partial charge in [0.25, 0.3) is 0 Å². The number of carbonyl (C=O) groups excluding carboxylic acids is 1. The molecule has 0 aliphatic heterocycles. The topological polar surface area (TPSA) is 53.3 Å². The molecule has 1 aromatic carbocycles. The van der Waals surface area contributed by atoms with Crippen molar-refractivity contribution in [3.63, 3.8) is 0 Å². The average Bonchev–Trinajstić information content (AvgIpc) is 2.36. The first-order valence-corrected chi connectivity index (χ1v) is 6.90. The van der Waals surface area contributed by atoms with Crippen LogP contribution in [0.3, 0.4) is 0 Å². The van der Waals surface area contributed by atoms with E-state index in [4.69, 9.17) is 10.00 Å². The predicted molar refractivity (Wildman–Crippen MR) is 78.0 cm³/mol. The number of benzene rings is 1. The molecular formula is C14H17BrN2O2. The molecule has 0 saturated carbocycles. The van der Waals surface area contributed by atoms with Crippen LogP contribution in [0, 0.1) is 11.3 Å². The molecule has 0 unspecified atom stereocenters. The largest absolute Gasteiger partial charge is 0.465 e. The molecule has 1 rings (SSSR count). The molecule has 4 nitrogen and oxygen atoms in total. The standard InChI is InChI=1S/C14H17BrN2O2/c1-4-19-14(18)9-17(10(2)3)13-7-12(15)6-5-11(13)8-16/h5-7,10H,4,9H2,1-3H3. The van der Waals surface area contributed by atoms with E-state index in [-0.39, 0.29) is 18.6 Å². The van der Waals surface area contributed by atoms with Crippen LogP contribution in [0.1, 0.15) is 26.3 Å². The van der Waals surface area contributed by atoms with E-state index in [9.17, 15) is 4.79 Å². The lowest BCUT2D eigenvalue weighted by atomic mass is 10.1. The van der Waals surface area contributed by atoms with E-state index < -0.39 is 0 Å². The van der Waals surface area contributed by atoms with Gasteiger partial charge in [-0.3, -0.25) is 4.79 Å². The van der Waals surface area contributed by atoms with Crippen LogP contribution in [0.4, 0.5) is 5.69 Å². The Morgan fingerprint density at radius 3 is 2.74 bits per heavy atom. The van der Waals surface area contributed by atoms with Crippen LogP contribution in [-0.4, -0.2) is 25.2 Å². The summed E-state index contributed by atoms with van der Waals surface area (Å²) in [7, 11) is 0. The third-order valence-electron chi connectivity index (χ3n) is 2.62. The highest BCUT2D eigenvalue weighted by molar-refractivity contribution is 9.10. The molecule has 0 aromatic heterocycles. The molecule has 102 valence electrons. The third-order valence-corrected chi connectivity index (χ3v) is 3.11. The van der Waals surface area contributed by atoms with Gasteiger partial charge in [-0.1, -0.05) is 15.9 Å². The van der Waals surface area contributed by atoms with E-state index in [2.05, 4.69) is 22.0 Å². The van der Waals surface area contributed by atoms with Crippen molar-refractivity contribution in [1.82, 2.24) is 0 Å². The number of halogens is 1. The van der Waals surface area contributed by atoms with Crippen molar-refractivity contribution in [1.29, 1.82) is 5.26 Å². The normalized spacial score (nSPS) is 10.1. The van der Waals surface area contributed by atoms with Gasteiger partial charge in [-0.25, -0.2) is 0 Å². The maximum atomic E-state index is 11.7. The summed E-state index contributed by atoms with van der Waals surface area (Å²) in [6.45, 7) is 6.21. The fraction of sp³-hybridized carbons (Fsp3) is 0.429. The lowest BCUT2D eigenvalue weighted by Gasteiger charge is -2.28. The van der Waals surface area contributed by atoms with Crippen LogP contribution >= 0.6 is 15.9 Å². The van der Waals surface area contributed by atoms with Crippen LogP contribution in [0.2, 0.25) is 0 Å². The summed E-state index contributed by atoms with van der Waals surface area (Å²) in [4.78, 5) is 13.5. The Labute approximate surface area is 122 Å². The number of anilines is 1. The number of nitriles is 1. The fourth-order valence-corrected chi connectivity index (χ4v) is 2.08. The van der Waals surface area contributed by atoms with Gasteiger partial charge in [-0.2, -0.15) is 5.26 Å². The number of rotatable bonds is 5. The predicted octanol–water partition coefficient (Wildman–Crippen LogP) is 3.10. The van der Waals surface area contributed by atoms with Gasteiger partial charge in [0.15, 0.2) is 0 Å². The maximum absolute atomic E-state index is 11.7. The number of ether oxygens (including phenoxy) is 1. The summed E-state index contributed by atoms with van der Waals surface area (Å²) in [5.41, 5.74) is 1.28. The van der Waals surface area contributed by atoms with Gasteiger partial charge in [0.1, 0.15) is 12.6 Å². The Balaban J connectivity index is 3.09. The average molecular weight is 325 g/mol. The first kappa shape index (κ1) is 15.5. The summed E-state index contributed by atoms with van der Waals surface area (Å²) in [6.07, 6.45) is 0. The van der Waals surface area contributed by atoms with E-state index in [0.717, 1.165) is 10.2 Å². The zero-order valence-corrected chi connectivity index (χ0v) is 12.9. The molecule has 1 aromatic rings. The van der Waals surface area contributed by atoms with Gasteiger partial charge in [0.2, 0.25) is 0 Å². The van der Waals surface area contributed by atoms with Gasteiger partial charge in [0.05, 0.1) is 17.9 Å². The summed E-state index contributed by atoms with van der Waals surface area (Å²) in [6, 6.07) is 7.63. The smallest absolute Gasteiger partial charge is 0.325 e. The van der Waals surface area contributed by atoms with Crippen molar-refractivity contribution in [3.8, 4) is 6.07 Å². The number of carbonyl (C=O) groups is 1. The molecule has 0 fully saturated rings. The second-order valence-electron chi connectivity index (χ2n) is 4.30. The highest BCUT2D eigenvalue weighted by Crippen LogP contribution is 2.26. The number of esters is 1. The summed E-state index contributed by atoms with van der Waals surface area (Å²) in [5, 5.41) is 9.17. The Kier molecular flexibility index (Phi) is 5.84. The minimum Gasteiger partial charge on any atom is -0.465 e. The van der Waals surface area contributed by atoms with Crippen molar-refractivity contribution < 1.29 is 9.53 Å². The summed E-state index contributed by atoms with van der Waals surface area (Å²) >= 11 is 3.39. The Hall–Kier alpha value is -1.54. The molecule has 0 spiro atoms. The van der Waals surface area contributed by atoms with E-state index >= 15 is 0 Å². The van der Waals surface area contributed by atoms with Gasteiger partial charge in [-0.05, 0) is 39.0 Å². The van der Waals surface area contributed by atoms with Gasteiger partial charge in [-0.15, -0.1) is 0 Å². The van der Waals surface area contributed by atoms with E-state index in [0.29, 0.717) is 12.2 Å². The molecule has 0 radical (unpaired) electrons. The van der Waals surface area contributed by atoms with Gasteiger partial charge in [0, 0.05) is 10.5 Å². The van der Waals surface area contributed by atoms with Crippen LogP contribution in [0.25, 0.3) is 0 Å². The number of hydrogen-bond donors (Lipinski definition) is 0. The molecule has 0 bridgehead atoms. The maximum Gasteiger partial charge on any atom is 0.325 e. The van der Waals surface area contributed by atoms with Gasteiger partial charge >= 0.3 is 5.97 Å². The van der Waals surface area contributed by atoms with Crippen molar-refractivity contribution in [2.75, 3.05) is 18.1 Å². The third kappa shape index (κ3) is 4.25. The highest BCUT2D eigenvalue weighted by Gasteiger charge is 2.18. The second-order valence-corrected chi connectivity index (χ2v) is 5.22. The van der Waals surface area contributed by atoms with E-state index in [1.807, 2.05) is 30.9 Å². The van der Waals surface area contributed by atoms with Crippen LogP contribution in [0.5, 0.6) is 0 Å². The van der Waals surface area contributed by atoms with Crippen molar-refractivity contribution in [2.24, 2.45) is 0 Å². The molecule has 0 amide bonds. The highest BCUT2D eigenvalue weighted by atomic mass is 79.9. The summed E-state index contributed by atoms with van der Waals surface area (Å²) in [5.74, 6) is -0.292. The van der Waals surface area contributed by atoms with Crippen molar-refractivity contribution in [2.45, 2.75) is 26.8 Å². The zero-order chi connectivity index (χ0) is 14.4. The molecule has 0 atom stereocenters. The zero-order valence-electron chi connectivity index (χ0n) is 11.3. The minimum absolute atomic E-state index is 0.0887. The van der Waals surface area contributed by atoms with E-state index in [1.54, 1.807) is 13.0 Å². The molecule has 0 saturated heterocycles. The van der Waals surface area contributed by atoms with Crippen LogP contribution in [0.15, 0.2) is 22.7 Å². The Morgan fingerprint density at radius 1 is 1.53 bits per heavy atom. The Morgan fingerprint density at radius 2 is 2.21 bits per heavy atom. The Bertz CT molecular complexity index is 495. The minimum atomic E-state index is -0.292. The van der Waals surface area contributed by atoms with E-state index in [1.165, 1.54) is 0 Å². The van der Waals surface area contributed by atoms with Gasteiger partial charge < -0.3 is 9.64 Å². The van der Waals surface area contributed by atoms with Crippen LogP contribution in [-0.2, 0) is 9.53 Å². The van der Waals surface area contributed by atoms with Crippen molar-refractivity contribution >= 4 is 27.6 Å². The lowest BCUT2D eigenvalue weighted by Crippen LogP contribution is -2.37. The quantitative estimate of drug-likeness (QED) is 0.781.